The average molecular weight is 211 g/mol. The molecule has 1 aromatic rings. The monoisotopic (exact) mass is 211 g/mol. The predicted octanol–water partition coefficient (Wildman–Crippen LogP) is 1.29. The van der Waals surface area contributed by atoms with Crippen LogP contribution in [0.3, 0.4) is 0 Å². The Hall–Kier alpha value is -1.78. The minimum absolute atomic E-state index is 0.248. The van der Waals surface area contributed by atoms with E-state index in [4.69, 9.17) is 4.74 Å². The molecular weight excluding hydrogens is 198 g/mol. The van der Waals surface area contributed by atoms with E-state index < -0.39 is 11.9 Å². The molecular formula is C10H13NO4. The highest BCUT2D eigenvalue weighted by Gasteiger charge is 2.17. The first-order chi connectivity index (χ1) is 7.10. The number of hydrogen-bond donors (Lipinski definition) is 1. The lowest BCUT2D eigenvalue weighted by Crippen LogP contribution is -2.04. The maximum atomic E-state index is 11.4. The largest absolute Gasteiger partial charge is 0.464 e. The van der Waals surface area contributed by atoms with Gasteiger partial charge in [-0.25, -0.2) is 9.59 Å². The summed E-state index contributed by atoms with van der Waals surface area (Å²) >= 11 is 0. The molecule has 0 aliphatic heterocycles. The van der Waals surface area contributed by atoms with Gasteiger partial charge in [0.1, 0.15) is 5.69 Å². The Morgan fingerprint density at radius 3 is 2.60 bits per heavy atom. The smallest absolute Gasteiger partial charge is 0.354 e. The SMILES string of the molecule is CCOC(=O)c1cc(C(=O)OC)[nH]c1C. The van der Waals surface area contributed by atoms with E-state index in [1.54, 1.807) is 13.8 Å². The Morgan fingerprint density at radius 1 is 1.40 bits per heavy atom. The number of esters is 2. The van der Waals surface area contributed by atoms with E-state index in [-0.39, 0.29) is 5.69 Å². The highest BCUT2D eigenvalue weighted by Crippen LogP contribution is 2.12. The first kappa shape index (κ1) is 11.3. The second-order valence-electron chi connectivity index (χ2n) is 2.93. The van der Waals surface area contributed by atoms with E-state index in [0.29, 0.717) is 17.9 Å². The van der Waals surface area contributed by atoms with Crippen LogP contribution in [0.15, 0.2) is 6.07 Å². The molecule has 0 aliphatic carbocycles. The van der Waals surface area contributed by atoms with Crippen molar-refractivity contribution in [3.8, 4) is 0 Å². The Balaban J connectivity index is 2.96. The van der Waals surface area contributed by atoms with Gasteiger partial charge in [0.2, 0.25) is 0 Å². The van der Waals surface area contributed by atoms with Crippen LogP contribution in [-0.2, 0) is 9.47 Å². The number of aryl methyl sites for hydroxylation is 1. The molecule has 0 amide bonds. The van der Waals surface area contributed by atoms with Crippen molar-refractivity contribution in [1.29, 1.82) is 0 Å². The summed E-state index contributed by atoms with van der Waals surface area (Å²) in [4.78, 5) is 25.3. The molecule has 0 bridgehead atoms. The van der Waals surface area contributed by atoms with Crippen molar-refractivity contribution >= 4 is 11.9 Å². The third kappa shape index (κ3) is 2.37. The van der Waals surface area contributed by atoms with Gasteiger partial charge in [-0.05, 0) is 19.9 Å². The van der Waals surface area contributed by atoms with Crippen LogP contribution in [-0.4, -0.2) is 30.6 Å². The summed E-state index contributed by atoms with van der Waals surface area (Å²) in [6.45, 7) is 3.72. The number of rotatable bonds is 3. The summed E-state index contributed by atoms with van der Waals surface area (Å²) in [7, 11) is 1.28. The van der Waals surface area contributed by atoms with Gasteiger partial charge in [-0.1, -0.05) is 0 Å². The Kier molecular flexibility index (Phi) is 3.49. The highest BCUT2D eigenvalue weighted by atomic mass is 16.5. The molecule has 0 aliphatic rings. The van der Waals surface area contributed by atoms with Gasteiger partial charge < -0.3 is 14.5 Å². The number of methoxy groups -OCH3 is 1. The summed E-state index contributed by atoms with van der Waals surface area (Å²) in [5, 5.41) is 0. The Morgan fingerprint density at radius 2 is 2.07 bits per heavy atom. The van der Waals surface area contributed by atoms with Crippen molar-refractivity contribution in [2.75, 3.05) is 13.7 Å². The van der Waals surface area contributed by atoms with Crippen LogP contribution in [0, 0.1) is 6.92 Å². The zero-order valence-electron chi connectivity index (χ0n) is 8.92. The number of nitrogens with one attached hydrogen (secondary N) is 1. The lowest BCUT2D eigenvalue weighted by molar-refractivity contribution is 0.0525. The number of aromatic amines is 1. The second kappa shape index (κ2) is 4.63. The molecule has 0 fully saturated rings. The molecule has 5 heteroatoms. The van der Waals surface area contributed by atoms with Crippen molar-refractivity contribution < 1.29 is 19.1 Å². The average Bonchev–Trinajstić information content (AvgIpc) is 2.59. The molecule has 0 saturated heterocycles. The van der Waals surface area contributed by atoms with Crippen molar-refractivity contribution in [1.82, 2.24) is 4.98 Å². The summed E-state index contributed by atoms with van der Waals surface area (Å²) in [5.74, 6) is -0.949. The molecule has 82 valence electrons. The quantitative estimate of drug-likeness (QED) is 0.765. The van der Waals surface area contributed by atoms with Crippen LogP contribution >= 0.6 is 0 Å². The lowest BCUT2D eigenvalue weighted by atomic mass is 10.2. The normalized spacial score (nSPS) is 9.80. The van der Waals surface area contributed by atoms with Crippen LogP contribution < -0.4 is 0 Å². The summed E-state index contributed by atoms with van der Waals surface area (Å²) in [6.07, 6.45) is 0. The Bertz CT molecular complexity index is 381. The minimum Gasteiger partial charge on any atom is -0.464 e. The number of aromatic nitrogens is 1. The number of carbonyl (C=O) groups excluding carboxylic acids is 2. The van der Waals surface area contributed by atoms with Gasteiger partial charge >= 0.3 is 11.9 Å². The van der Waals surface area contributed by atoms with Gasteiger partial charge in [-0.2, -0.15) is 0 Å². The van der Waals surface area contributed by atoms with Crippen molar-refractivity contribution in [3.05, 3.63) is 23.0 Å². The molecule has 0 aromatic carbocycles. The van der Waals surface area contributed by atoms with E-state index in [0.717, 1.165) is 0 Å². The fraction of sp³-hybridized carbons (Fsp3) is 0.400. The first-order valence-corrected chi connectivity index (χ1v) is 4.55. The van der Waals surface area contributed by atoms with Crippen LogP contribution in [0.4, 0.5) is 0 Å². The molecule has 5 nitrogen and oxygen atoms in total. The molecule has 0 spiro atoms. The maximum Gasteiger partial charge on any atom is 0.354 e. The van der Waals surface area contributed by atoms with Crippen LogP contribution in [0.2, 0.25) is 0 Å². The zero-order chi connectivity index (χ0) is 11.4. The topological polar surface area (TPSA) is 68.4 Å². The Labute approximate surface area is 87.4 Å². The first-order valence-electron chi connectivity index (χ1n) is 4.55. The van der Waals surface area contributed by atoms with Crippen LogP contribution in [0.25, 0.3) is 0 Å². The van der Waals surface area contributed by atoms with Crippen molar-refractivity contribution in [3.63, 3.8) is 0 Å². The molecule has 15 heavy (non-hydrogen) atoms. The molecule has 1 aromatic heterocycles. The fourth-order valence-electron chi connectivity index (χ4n) is 1.20. The van der Waals surface area contributed by atoms with E-state index >= 15 is 0 Å². The molecule has 1 rings (SSSR count). The summed E-state index contributed by atoms with van der Waals surface area (Å²) < 4.78 is 9.35. The van der Waals surface area contributed by atoms with E-state index in [1.165, 1.54) is 13.2 Å². The van der Waals surface area contributed by atoms with Gasteiger partial charge in [0, 0.05) is 5.69 Å². The highest BCUT2D eigenvalue weighted by molar-refractivity contribution is 5.95. The zero-order valence-corrected chi connectivity index (χ0v) is 8.92. The summed E-state index contributed by atoms with van der Waals surface area (Å²) in [6, 6.07) is 1.43. The van der Waals surface area contributed by atoms with E-state index in [2.05, 4.69) is 9.72 Å². The number of carbonyl (C=O) groups is 2. The number of ether oxygens (including phenoxy) is 2. The maximum absolute atomic E-state index is 11.4. The van der Waals surface area contributed by atoms with Crippen molar-refractivity contribution in [2.24, 2.45) is 0 Å². The number of hydrogen-bond acceptors (Lipinski definition) is 4. The standard InChI is InChI=1S/C10H13NO4/c1-4-15-9(12)7-5-8(10(13)14-3)11-6(7)2/h5,11H,4H2,1-3H3. The summed E-state index contributed by atoms with van der Waals surface area (Å²) in [5.41, 5.74) is 1.20. The molecule has 0 atom stereocenters. The molecule has 0 unspecified atom stereocenters. The number of H-pyrrole nitrogens is 1. The molecule has 0 radical (unpaired) electrons. The van der Waals surface area contributed by atoms with Crippen molar-refractivity contribution in [2.45, 2.75) is 13.8 Å². The van der Waals surface area contributed by atoms with Gasteiger partial charge in [0.05, 0.1) is 19.3 Å². The van der Waals surface area contributed by atoms with E-state index in [1.807, 2.05) is 0 Å². The third-order valence-corrected chi connectivity index (χ3v) is 1.92. The molecule has 1 N–H and O–H groups in total. The molecule has 0 saturated carbocycles. The minimum atomic E-state index is -0.506. The third-order valence-electron chi connectivity index (χ3n) is 1.92. The van der Waals surface area contributed by atoms with E-state index in [9.17, 15) is 9.59 Å². The van der Waals surface area contributed by atoms with Gasteiger partial charge in [-0.3, -0.25) is 0 Å². The fourth-order valence-corrected chi connectivity index (χ4v) is 1.20. The predicted molar refractivity (Wildman–Crippen MR) is 52.8 cm³/mol. The second-order valence-corrected chi connectivity index (χ2v) is 2.93. The van der Waals surface area contributed by atoms with Gasteiger partial charge in [-0.15, -0.1) is 0 Å². The van der Waals surface area contributed by atoms with Crippen LogP contribution in [0.1, 0.15) is 33.5 Å². The molecule has 1 heterocycles. The van der Waals surface area contributed by atoms with Gasteiger partial charge in [0.25, 0.3) is 0 Å². The van der Waals surface area contributed by atoms with Crippen LogP contribution in [0.5, 0.6) is 0 Å². The van der Waals surface area contributed by atoms with Gasteiger partial charge in [0.15, 0.2) is 0 Å². The lowest BCUT2D eigenvalue weighted by Gasteiger charge is -1.98.